The van der Waals surface area contributed by atoms with Crippen LogP contribution in [0.4, 0.5) is 0 Å². The molecule has 1 aliphatic rings. The van der Waals surface area contributed by atoms with Crippen molar-refractivity contribution in [2.45, 2.75) is 217 Å². The SMILES string of the molecule is CC/C=C\C/C=C\C/C=C\C/C=C\C/C=C\C/C=C\C/C=C\C/C=C\C/C=C\C/C=C\CCCCCCCCC(=O)NC(COC1OC(CO)C(O)C(O)C1O)C(O)/C=C/CC/C=C/CC/C=C/CCCC. The summed E-state index contributed by atoms with van der Waals surface area (Å²) in [5.74, 6) is -0.215. The van der Waals surface area contributed by atoms with Crippen molar-refractivity contribution in [3.05, 3.63) is 158 Å². The van der Waals surface area contributed by atoms with E-state index in [0.29, 0.717) is 12.8 Å². The zero-order valence-corrected chi connectivity index (χ0v) is 44.6. The van der Waals surface area contributed by atoms with Crippen LogP contribution >= 0.6 is 0 Å². The van der Waals surface area contributed by atoms with Crippen LogP contribution in [0.5, 0.6) is 0 Å². The van der Waals surface area contributed by atoms with Gasteiger partial charge in [0, 0.05) is 6.42 Å². The van der Waals surface area contributed by atoms with Crippen molar-refractivity contribution < 1.29 is 39.8 Å². The second-order valence-electron chi connectivity index (χ2n) is 18.3. The Kier molecular flexibility index (Phi) is 46.0. The Morgan fingerprint density at radius 1 is 0.486 bits per heavy atom. The minimum absolute atomic E-state index is 0.215. The van der Waals surface area contributed by atoms with Crippen LogP contribution in [-0.2, 0) is 14.3 Å². The van der Waals surface area contributed by atoms with Gasteiger partial charge in [0.1, 0.15) is 24.4 Å². The molecule has 0 radical (unpaired) electrons. The molecule has 0 aromatic rings. The number of carbonyl (C=O) groups is 1. The zero-order chi connectivity index (χ0) is 52.2. The number of ether oxygens (including phenoxy) is 2. The van der Waals surface area contributed by atoms with E-state index < -0.39 is 49.5 Å². The fourth-order valence-corrected chi connectivity index (χ4v) is 7.43. The average molecular weight is 998 g/mol. The third-order valence-corrected chi connectivity index (χ3v) is 11.8. The molecule has 1 saturated heterocycles. The first-order valence-electron chi connectivity index (χ1n) is 27.7. The van der Waals surface area contributed by atoms with Gasteiger partial charge in [-0.1, -0.05) is 210 Å². The summed E-state index contributed by atoms with van der Waals surface area (Å²) in [6.07, 6.45) is 73.1. The fraction of sp³-hybridized carbons (Fsp3) is 0.571. The van der Waals surface area contributed by atoms with Gasteiger partial charge in [-0.25, -0.2) is 0 Å². The molecule has 9 nitrogen and oxygen atoms in total. The maximum atomic E-state index is 13.0. The highest BCUT2D eigenvalue weighted by Crippen LogP contribution is 2.22. The number of unbranched alkanes of at least 4 members (excludes halogenated alkanes) is 10. The Morgan fingerprint density at radius 3 is 1.33 bits per heavy atom. The standard InChI is InChI=1S/C63H99NO8/c1-3-5-7-9-11-13-15-17-18-19-20-21-22-23-24-25-26-27-28-29-30-31-32-33-34-35-36-37-38-39-40-41-43-45-47-49-51-53-59(67)64-56(55-71-63-62(70)61(69)60(68)58(54-65)72-63)57(66)52-50-48-46-44-42-16-14-12-10-8-6-4-2/h5,7,10-13,17-18,20-21,23-24,26-27,29-30,32-33,35-36,38-39,42,44,50,52,56-58,60-63,65-66,68-70H,3-4,6,8-9,14-16,19,22,25,28,31,34,37,40-41,43,45-49,51,53-55H2,1-2H3,(H,64,67)/b7-5-,12-10+,13-11-,18-17-,21-20-,24-23-,27-26-,30-29-,33-32-,36-35-,39-38-,44-42+,52-50+. The van der Waals surface area contributed by atoms with E-state index >= 15 is 0 Å². The molecule has 1 heterocycles. The highest BCUT2D eigenvalue weighted by atomic mass is 16.7. The van der Waals surface area contributed by atoms with E-state index in [2.05, 4.69) is 165 Å². The Labute approximate surface area is 437 Å². The van der Waals surface area contributed by atoms with Crippen molar-refractivity contribution in [1.29, 1.82) is 0 Å². The summed E-state index contributed by atoms with van der Waals surface area (Å²) >= 11 is 0. The normalized spacial score (nSPS) is 20.5. The number of allylic oxidation sites excluding steroid dienone is 25. The molecule has 6 N–H and O–H groups in total. The maximum Gasteiger partial charge on any atom is 0.220 e. The molecule has 0 saturated carbocycles. The Morgan fingerprint density at radius 2 is 0.875 bits per heavy atom. The van der Waals surface area contributed by atoms with Gasteiger partial charge in [-0.15, -0.1) is 0 Å². The summed E-state index contributed by atoms with van der Waals surface area (Å²) in [7, 11) is 0. The van der Waals surface area contributed by atoms with Crippen molar-refractivity contribution in [3.8, 4) is 0 Å². The Bertz CT molecular complexity index is 1680. The van der Waals surface area contributed by atoms with E-state index in [0.717, 1.165) is 135 Å². The van der Waals surface area contributed by atoms with Gasteiger partial charge in [-0.2, -0.15) is 0 Å². The van der Waals surface area contributed by atoms with Gasteiger partial charge in [0.05, 0.1) is 25.4 Å². The van der Waals surface area contributed by atoms with Gasteiger partial charge in [0.25, 0.3) is 0 Å². The van der Waals surface area contributed by atoms with Crippen molar-refractivity contribution in [3.63, 3.8) is 0 Å². The maximum absolute atomic E-state index is 13.0. The second-order valence-corrected chi connectivity index (χ2v) is 18.3. The molecule has 7 unspecified atom stereocenters. The molecule has 1 aliphatic heterocycles. The number of hydrogen-bond acceptors (Lipinski definition) is 8. The van der Waals surface area contributed by atoms with Gasteiger partial charge in [-0.3, -0.25) is 4.79 Å². The number of aliphatic hydroxyl groups is 5. The lowest BCUT2D eigenvalue weighted by atomic mass is 9.99. The van der Waals surface area contributed by atoms with Crippen molar-refractivity contribution in [1.82, 2.24) is 5.32 Å². The van der Waals surface area contributed by atoms with Gasteiger partial charge in [0.2, 0.25) is 5.91 Å². The van der Waals surface area contributed by atoms with Gasteiger partial charge >= 0.3 is 0 Å². The molecule has 7 atom stereocenters. The molecular weight excluding hydrogens is 899 g/mol. The molecule has 0 aliphatic carbocycles. The van der Waals surface area contributed by atoms with Crippen LogP contribution in [0.3, 0.4) is 0 Å². The van der Waals surface area contributed by atoms with E-state index in [9.17, 15) is 30.3 Å². The van der Waals surface area contributed by atoms with Crippen LogP contribution in [0, 0.1) is 0 Å². The van der Waals surface area contributed by atoms with E-state index in [1.165, 1.54) is 12.8 Å². The van der Waals surface area contributed by atoms with Crippen molar-refractivity contribution >= 4 is 5.91 Å². The topological polar surface area (TPSA) is 149 Å². The van der Waals surface area contributed by atoms with Gasteiger partial charge in [-0.05, 0) is 116 Å². The lowest BCUT2D eigenvalue weighted by Gasteiger charge is -2.40. The largest absolute Gasteiger partial charge is 0.394 e. The summed E-state index contributed by atoms with van der Waals surface area (Å²) in [6, 6.07) is -0.847. The molecule has 72 heavy (non-hydrogen) atoms. The van der Waals surface area contributed by atoms with Crippen LogP contribution < -0.4 is 5.32 Å². The van der Waals surface area contributed by atoms with Crippen LogP contribution in [0.25, 0.3) is 0 Å². The molecule has 9 heteroatoms. The first-order chi connectivity index (χ1) is 35.3. The minimum Gasteiger partial charge on any atom is -0.394 e. The summed E-state index contributed by atoms with van der Waals surface area (Å²) in [5.41, 5.74) is 0. The molecule has 404 valence electrons. The molecule has 1 fully saturated rings. The fourth-order valence-electron chi connectivity index (χ4n) is 7.43. The number of hydrogen-bond donors (Lipinski definition) is 6. The highest BCUT2D eigenvalue weighted by Gasteiger charge is 2.44. The Hall–Kier alpha value is -4.19. The average Bonchev–Trinajstić information content (AvgIpc) is 3.38. The molecule has 1 amide bonds. The quantitative estimate of drug-likeness (QED) is 0.0261. The van der Waals surface area contributed by atoms with Crippen molar-refractivity contribution in [2.75, 3.05) is 13.2 Å². The molecule has 0 aromatic carbocycles. The first kappa shape index (κ1) is 65.8. The Balaban J connectivity index is 2.21. The molecular formula is C63H99NO8. The lowest BCUT2D eigenvalue weighted by Crippen LogP contribution is -2.60. The van der Waals surface area contributed by atoms with Gasteiger partial charge < -0.3 is 40.3 Å². The summed E-state index contributed by atoms with van der Waals surface area (Å²) < 4.78 is 11.2. The smallest absolute Gasteiger partial charge is 0.220 e. The van der Waals surface area contributed by atoms with E-state index in [1.807, 2.05) is 6.08 Å². The first-order valence-corrected chi connectivity index (χ1v) is 27.7. The molecule has 1 rings (SSSR count). The molecule has 0 spiro atoms. The number of carbonyl (C=O) groups excluding carboxylic acids is 1. The van der Waals surface area contributed by atoms with Crippen LogP contribution in [0.1, 0.15) is 174 Å². The molecule has 0 bridgehead atoms. The predicted molar refractivity (Wildman–Crippen MR) is 303 cm³/mol. The number of amides is 1. The van der Waals surface area contributed by atoms with E-state index in [-0.39, 0.29) is 12.5 Å². The third kappa shape index (κ3) is 39.4. The second kappa shape index (κ2) is 50.3. The molecule has 0 aromatic heterocycles. The van der Waals surface area contributed by atoms with Crippen LogP contribution in [0.2, 0.25) is 0 Å². The number of nitrogens with one attached hydrogen (secondary N) is 1. The summed E-state index contributed by atoms with van der Waals surface area (Å²) in [6.45, 7) is 3.55. The van der Waals surface area contributed by atoms with Crippen LogP contribution in [-0.4, -0.2) is 87.5 Å². The summed E-state index contributed by atoms with van der Waals surface area (Å²) in [4.78, 5) is 13.0. The minimum atomic E-state index is -1.59. The highest BCUT2D eigenvalue weighted by molar-refractivity contribution is 5.76. The zero-order valence-electron chi connectivity index (χ0n) is 44.6. The predicted octanol–water partition coefficient (Wildman–Crippen LogP) is 13.7. The van der Waals surface area contributed by atoms with Gasteiger partial charge in [0.15, 0.2) is 6.29 Å². The number of rotatable bonds is 44. The third-order valence-electron chi connectivity index (χ3n) is 11.8. The summed E-state index contributed by atoms with van der Waals surface area (Å²) in [5, 5.41) is 54.2. The monoisotopic (exact) mass is 998 g/mol. The van der Waals surface area contributed by atoms with E-state index in [4.69, 9.17) is 9.47 Å². The number of aliphatic hydroxyl groups excluding tert-OH is 5. The van der Waals surface area contributed by atoms with Crippen LogP contribution in [0.15, 0.2) is 158 Å². The van der Waals surface area contributed by atoms with Crippen molar-refractivity contribution in [2.24, 2.45) is 0 Å². The lowest BCUT2D eigenvalue weighted by molar-refractivity contribution is -0.302. The van der Waals surface area contributed by atoms with E-state index in [1.54, 1.807) is 6.08 Å².